The first-order valence-electron chi connectivity index (χ1n) is 13.5. The molecular formula is C31H40N4O2. The van der Waals surface area contributed by atoms with E-state index in [0.29, 0.717) is 37.5 Å². The average Bonchev–Trinajstić information content (AvgIpc) is 3.07. The number of carbonyl (C=O) groups excluding carboxylic acids is 2. The maximum absolute atomic E-state index is 13.6. The molecular weight excluding hydrogens is 460 g/mol. The average molecular weight is 501 g/mol. The van der Waals surface area contributed by atoms with Gasteiger partial charge in [-0.3, -0.25) is 9.59 Å². The van der Waals surface area contributed by atoms with Crippen molar-refractivity contribution in [3.05, 3.63) is 83.9 Å². The number of fused-ring (bicyclic) bond motifs is 1. The molecule has 1 heterocycles. The van der Waals surface area contributed by atoms with Gasteiger partial charge in [-0.05, 0) is 60.8 Å². The van der Waals surface area contributed by atoms with Crippen molar-refractivity contribution in [2.45, 2.75) is 44.7 Å². The van der Waals surface area contributed by atoms with Crippen LogP contribution in [0.25, 0.3) is 10.8 Å². The molecule has 4 rings (SSSR count). The molecule has 3 aromatic rings. The molecule has 2 amide bonds. The lowest BCUT2D eigenvalue weighted by atomic mass is 9.87. The third-order valence-electron chi connectivity index (χ3n) is 7.45. The third kappa shape index (κ3) is 6.96. The Hall–Kier alpha value is -3.22. The van der Waals surface area contributed by atoms with Gasteiger partial charge in [0.2, 0.25) is 5.91 Å². The maximum Gasteiger partial charge on any atom is 0.251 e. The van der Waals surface area contributed by atoms with Crippen LogP contribution < -0.4 is 16.0 Å². The fourth-order valence-corrected chi connectivity index (χ4v) is 5.21. The van der Waals surface area contributed by atoms with Crippen LogP contribution in [0.3, 0.4) is 0 Å². The highest BCUT2D eigenvalue weighted by molar-refractivity contribution is 5.98. The van der Waals surface area contributed by atoms with Gasteiger partial charge in [0.15, 0.2) is 0 Å². The van der Waals surface area contributed by atoms with E-state index in [2.05, 4.69) is 54.1 Å². The van der Waals surface area contributed by atoms with Crippen LogP contribution in [0, 0.1) is 5.92 Å². The summed E-state index contributed by atoms with van der Waals surface area (Å²) in [6.07, 6.45) is 1.50. The minimum Gasteiger partial charge on any atom is -0.350 e. The van der Waals surface area contributed by atoms with Gasteiger partial charge in [-0.25, -0.2) is 0 Å². The van der Waals surface area contributed by atoms with E-state index < -0.39 is 0 Å². The lowest BCUT2D eigenvalue weighted by molar-refractivity contribution is -0.133. The molecule has 3 aromatic carbocycles. The molecule has 6 heteroatoms. The van der Waals surface area contributed by atoms with E-state index in [4.69, 9.17) is 0 Å². The van der Waals surface area contributed by atoms with Crippen LogP contribution in [0.4, 0.5) is 0 Å². The predicted molar refractivity (Wildman–Crippen MR) is 151 cm³/mol. The molecule has 1 fully saturated rings. The van der Waals surface area contributed by atoms with Crippen LogP contribution in [-0.2, 0) is 4.79 Å². The molecule has 0 saturated carbocycles. The van der Waals surface area contributed by atoms with Crippen LogP contribution in [0.5, 0.6) is 0 Å². The Morgan fingerprint density at radius 2 is 1.76 bits per heavy atom. The maximum atomic E-state index is 13.6. The summed E-state index contributed by atoms with van der Waals surface area (Å²) in [5, 5.41) is 12.0. The summed E-state index contributed by atoms with van der Waals surface area (Å²) in [4.78, 5) is 28.6. The smallest absolute Gasteiger partial charge is 0.251 e. The Morgan fingerprint density at radius 1 is 1.03 bits per heavy atom. The molecule has 3 N–H and O–H groups in total. The van der Waals surface area contributed by atoms with E-state index in [1.807, 2.05) is 60.5 Å². The van der Waals surface area contributed by atoms with Gasteiger partial charge < -0.3 is 20.9 Å². The summed E-state index contributed by atoms with van der Waals surface area (Å²) in [5.41, 5.74) is 1.92. The number of amides is 2. The van der Waals surface area contributed by atoms with E-state index >= 15 is 0 Å². The van der Waals surface area contributed by atoms with Gasteiger partial charge in [0.25, 0.3) is 5.91 Å². The zero-order valence-electron chi connectivity index (χ0n) is 22.2. The quantitative estimate of drug-likeness (QED) is 0.391. The van der Waals surface area contributed by atoms with Crippen LogP contribution in [0.15, 0.2) is 72.8 Å². The van der Waals surface area contributed by atoms with E-state index in [0.717, 1.165) is 23.7 Å². The first-order chi connectivity index (χ1) is 18.0. The predicted octanol–water partition coefficient (Wildman–Crippen LogP) is 4.18. The lowest BCUT2D eigenvalue weighted by Gasteiger charge is -2.31. The topological polar surface area (TPSA) is 73.5 Å². The lowest BCUT2D eigenvalue weighted by Crippen LogP contribution is -2.50. The third-order valence-corrected chi connectivity index (χ3v) is 7.45. The van der Waals surface area contributed by atoms with Gasteiger partial charge >= 0.3 is 0 Å². The van der Waals surface area contributed by atoms with Crippen LogP contribution >= 0.6 is 0 Å². The van der Waals surface area contributed by atoms with E-state index in [1.165, 1.54) is 5.56 Å². The van der Waals surface area contributed by atoms with E-state index in [1.54, 1.807) is 0 Å². The van der Waals surface area contributed by atoms with E-state index in [-0.39, 0.29) is 29.8 Å². The Bertz CT molecular complexity index is 1180. The molecule has 1 aliphatic rings. The highest BCUT2D eigenvalue weighted by Gasteiger charge is 2.32. The van der Waals surface area contributed by atoms with Crippen molar-refractivity contribution in [2.75, 3.05) is 33.2 Å². The highest BCUT2D eigenvalue weighted by Crippen LogP contribution is 2.26. The molecule has 0 aliphatic carbocycles. The summed E-state index contributed by atoms with van der Waals surface area (Å²) in [7, 11) is 1.91. The monoisotopic (exact) mass is 500 g/mol. The molecule has 3 unspecified atom stereocenters. The SMILES string of the molecule is CNCCC1NC(CNC(=O)c2ccc3ccccc3c2)CCN(CC(c2ccccc2)C(C)C)C1=O. The highest BCUT2D eigenvalue weighted by atomic mass is 16.2. The molecule has 37 heavy (non-hydrogen) atoms. The van der Waals surface area contributed by atoms with Crippen LogP contribution in [0.2, 0.25) is 0 Å². The summed E-state index contributed by atoms with van der Waals surface area (Å²) < 4.78 is 0. The molecule has 0 bridgehead atoms. The summed E-state index contributed by atoms with van der Waals surface area (Å²) in [6.45, 7) is 7.06. The number of carbonyl (C=O) groups is 2. The van der Waals surface area contributed by atoms with Gasteiger partial charge in [-0.15, -0.1) is 0 Å². The van der Waals surface area contributed by atoms with Gasteiger partial charge in [-0.2, -0.15) is 0 Å². The van der Waals surface area contributed by atoms with Crippen molar-refractivity contribution in [3.63, 3.8) is 0 Å². The Balaban J connectivity index is 1.43. The largest absolute Gasteiger partial charge is 0.350 e. The fraction of sp³-hybridized carbons (Fsp3) is 0.419. The van der Waals surface area contributed by atoms with Crippen molar-refractivity contribution in [2.24, 2.45) is 5.92 Å². The number of nitrogens with one attached hydrogen (secondary N) is 3. The Morgan fingerprint density at radius 3 is 2.49 bits per heavy atom. The first kappa shape index (κ1) is 26.8. The zero-order chi connectivity index (χ0) is 26.2. The van der Waals surface area contributed by atoms with Gasteiger partial charge in [0, 0.05) is 37.2 Å². The molecule has 0 radical (unpaired) electrons. The van der Waals surface area contributed by atoms with Crippen LogP contribution in [-0.4, -0.2) is 62.0 Å². The molecule has 1 aliphatic heterocycles. The second-order valence-electron chi connectivity index (χ2n) is 10.4. The van der Waals surface area contributed by atoms with Gasteiger partial charge in [0.1, 0.15) is 0 Å². The number of hydrogen-bond donors (Lipinski definition) is 3. The summed E-state index contributed by atoms with van der Waals surface area (Å²) in [5.74, 6) is 0.759. The van der Waals surface area contributed by atoms with Gasteiger partial charge in [0.05, 0.1) is 6.04 Å². The van der Waals surface area contributed by atoms with Crippen molar-refractivity contribution in [1.82, 2.24) is 20.9 Å². The molecule has 3 atom stereocenters. The van der Waals surface area contributed by atoms with Crippen molar-refractivity contribution < 1.29 is 9.59 Å². The number of rotatable bonds is 10. The van der Waals surface area contributed by atoms with E-state index in [9.17, 15) is 9.59 Å². The molecule has 1 saturated heterocycles. The Kier molecular flexibility index (Phi) is 9.31. The molecule has 0 spiro atoms. The van der Waals surface area contributed by atoms with Crippen molar-refractivity contribution in [3.8, 4) is 0 Å². The van der Waals surface area contributed by atoms with Crippen molar-refractivity contribution in [1.29, 1.82) is 0 Å². The Labute approximate surface area is 220 Å². The normalized spacial score (nSPS) is 19.1. The second-order valence-corrected chi connectivity index (χ2v) is 10.4. The molecule has 196 valence electrons. The standard InChI is InChI=1S/C31H40N4O2/c1-22(2)28(24-10-5-4-6-11-24)21-35-18-16-27(34-29(31(35)37)15-17-32-3)20-33-30(36)26-14-13-23-9-7-8-12-25(23)19-26/h4-14,19,22,27-29,32,34H,15-18,20-21H2,1-3H3,(H,33,36). The summed E-state index contributed by atoms with van der Waals surface area (Å²) >= 11 is 0. The second kappa shape index (κ2) is 12.8. The fourth-order valence-electron chi connectivity index (χ4n) is 5.21. The molecule has 6 nitrogen and oxygen atoms in total. The van der Waals surface area contributed by atoms with Gasteiger partial charge in [-0.1, -0.05) is 74.5 Å². The first-order valence-corrected chi connectivity index (χ1v) is 13.5. The van der Waals surface area contributed by atoms with Crippen LogP contribution in [0.1, 0.15) is 48.5 Å². The molecule has 0 aromatic heterocycles. The minimum atomic E-state index is -0.277. The number of benzene rings is 3. The summed E-state index contributed by atoms with van der Waals surface area (Å²) in [6, 6.07) is 24.1. The number of hydrogen-bond acceptors (Lipinski definition) is 4. The zero-order valence-corrected chi connectivity index (χ0v) is 22.2. The minimum absolute atomic E-state index is 0.0226. The number of nitrogens with zero attached hydrogens (tertiary/aromatic N) is 1. The van der Waals surface area contributed by atoms with Crippen molar-refractivity contribution >= 4 is 22.6 Å².